The fourth-order valence-corrected chi connectivity index (χ4v) is 3.77. The summed E-state index contributed by atoms with van der Waals surface area (Å²) in [5.74, 6) is 0.912. The number of anilines is 1. The lowest BCUT2D eigenvalue weighted by molar-refractivity contribution is -0.146. The van der Waals surface area contributed by atoms with Crippen LogP contribution in [0.3, 0.4) is 0 Å². The summed E-state index contributed by atoms with van der Waals surface area (Å²) >= 11 is 0. The van der Waals surface area contributed by atoms with Gasteiger partial charge in [-0.05, 0) is 51.4 Å². The highest BCUT2D eigenvalue weighted by Crippen LogP contribution is 2.23. The highest BCUT2D eigenvalue weighted by molar-refractivity contribution is 5.86. The summed E-state index contributed by atoms with van der Waals surface area (Å²) in [6.07, 6.45) is 3.63. The van der Waals surface area contributed by atoms with E-state index in [1.54, 1.807) is 7.11 Å². The molecule has 2 saturated heterocycles. The first kappa shape index (κ1) is 24.9. The molecule has 160 valence electrons. The number of methoxy groups -OCH3 is 1. The molecule has 28 heavy (non-hydrogen) atoms. The second-order valence-electron chi connectivity index (χ2n) is 7.32. The van der Waals surface area contributed by atoms with Gasteiger partial charge in [0, 0.05) is 32.9 Å². The first-order valence-corrected chi connectivity index (χ1v) is 9.42. The van der Waals surface area contributed by atoms with E-state index in [1.165, 1.54) is 0 Å². The van der Waals surface area contributed by atoms with Crippen molar-refractivity contribution < 1.29 is 14.3 Å². The molecule has 2 fully saturated rings. The van der Waals surface area contributed by atoms with Crippen molar-refractivity contribution in [3.8, 4) is 0 Å². The third kappa shape index (κ3) is 5.94. The van der Waals surface area contributed by atoms with E-state index in [1.807, 2.05) is 18.3 Å². The van der Waals surface area contributed by atoms with Crippen LogP contribution in [-0.2, 0) is 20.8 Å². The number of pyridine rings is 1. The summed E-state index contributed by atoms with van der Waals surface area (Å²) < 4.78 is 11.3. The number of hydrogen-bond acceptors (Lipinski definition) is 6. The molecule has 1 aromatic heterocycles. The van der Waals surface area contributed by atoms with E-state index in [4.69, 9.17) is 9.47 Å². The average Bonchev–Trinajstić information content (AvgIpc) is 2.66. The lowest BCUT2D eigenvalue weighted by atomic mass is 9.91. The van der Waals surface area contributed by atoms with Crippen LogP contribution in [0.2, 0.25) is 0 Å². The number of halogens is 2. The molecule has 3 rings (SSSR count). The molecular formula is C19H32Cl2N4O3. The zero-order chi connectivity index (χ0) is 18.6. The van der Waals surface area contributed by atoms with Gasteiger partial charge in [-0.2, -0.15) is 0 Å². The molecule has 0 aliphatic carbocycles. The number of ether oxygens (including phenoxy) is 2. The number of nitrogens with one attached hydrogen (secondary N) is 2. The zero-order valence-corrected chi connectivity index (χ0v) is 18.4. The largest absolute Gasteiger partial charge is 0.372 e. The maximum atomic E-state index is 12.6. The normalized spacial score (nSPS) is 23.9. The summed E-state index contributed by atoms with van der Waals surface area (Å²) in [7, 11) is 1.62. The Balaban J connectivity index is 0.00000196. The fourth-order valence-electron chi connectivity index (χ4n) is 3.77. The van der Waals surface area contributed by atoms with Gasteiger partial charge in [0.05, 0.1) is 12.2 Å². The quantitative estimate of drug-likeness (QED) is 0.736. The van der Waals surface area contributed by atoms with E-state index < -0.39 is 5.60 Å². The Hall–Kier alpha value is -1.12. The molecule has 2 atom stereocenters. The molecule has 0 saturated carbocycles. The van der Waals surface area contributed by atoms with Crippen LogP contribution < -0.4 is 15.5 Å². The second kappa shape index (κ2) is 11.2. The van der Waals surface area contributed by atoms with Crippen molar-refractivity contribution in [2.75, 3.05) is 38.2 Å². The van der Waals surface area contributed by atoms with Gasteiger partial charge in [-0.15, -0.1) is 24.8 Å². The van der Waals surface area contributed by atoms with Crippen molar-refractivity contribution in [2.45, 2.75) is 51.0 Å². The molecule has 7 nitrogen and oxygen atoms in total. The van der Waals surface area contributed by atoms with Crippen molar-refractivity contribution in [1.29, 1.82) is 0 Å². The van der Waals surface area contributed by atoms with E-state index in [9.17, 15) is 4.79 Å². The summed E-state index contributed by atoms with van der Waals surface area (Å²) in [6, 6.07) is 4.04. The molecule has 1 aromatic rings. The zero-order valence-electron chi connectivity index (χ0n) is 16.8. The van der Waals surface area contributed by atoms with E-state index in [2.05, 4.69) is 34.4 Å². The number of rotatable bonds is 5. The minimum atomic E-state index is -0.710. The number of piperidine rings is 1. The first-order chi connectivity index (χ1) is 12.5. The van der Waals surface area contributed by atoms with Crippen LogP contribution in [0.5, 0.6) is 0 Å². The molecule has 2 unspecified atom stereocenters. The van der Waals surface area contributed by atoms with Crippen LogP contribution in [-0.4, -0.2) is 62.0 Å². The maximum absolute atomic E-state index is 12.6. The number of nitrogens with zero attached hydrogens (tertiary/aromatic N) is 2. The molecule has 1 amide bonds. The topological polar surface area (TPSA) is 75.7 Å². The molecule has 2 aliphatic heterocycles. The van der Waals surface area contributed by atoms with E-state index in [-0.39, 0.29) is 42.9 Å². The monoisotopic (exact) mass is 434 g/mol. The predicted molar refractivity (Wildman–Crippen MR) is 115 cm³/mol. The molecule has 0 radical (unpaired) electrons. The molecule has 0 aromatic carbocycles. The van der Waals surface area contributed by atoms with E-state index >= 15 is 0 Å². The lowest BCUT2D eigenvalue weighted by Gasteiger charge is -2.36. The molecule has 2 N–H and O–H groups in total. The Morgan fingerprint density at radius 1 is 1.29 bits per heavy atom. The molecule has 9 heteroatoms. The number of morpholine rings is 1. The van der Waals surface area contributed by atoms with Gasteiger partial charge in [-0.25, -0.2) is 4.98 Å². The average molecular weight is 435 g/mol. The van der Waals surface area contributed by atoms with Crippen molar-refractivity contribution in [3.05, 3.63) is 23.9 Å². The Labute approximate surface area is 179 Å². The Morgan fingerprint density at radius 2 is 1.93 bits per heavy atom. The minimum absolute atomic E-state index is 0. The van der Waals surface area contributed by atoms with Gasteiger partial charge >= 0.3 is 0 Å². The Morgan fingerprint density at radius 3 is 2.46 bits per heavy atom. The highest BCUT2D eigenvalue weighted by atomic mass is 35.5. The molecular weight excluding hydrogens is 403 g/mol. The van der Waals surface area contributed by atoms with Crippen molar-refractivity contribution >= 4 is 36.5 Å². The smallest absolute Gasteiger partial charge is 0.252 e. The standard InChI is InChI=1S/C19H30N4O3.2ClH/c1-14-12-23(13-15(2)26-14)17-5-4-16(10-21-17)11-22-18(24)19(25-3)6-8-20-9-7-19;;/h4-5,10,14-15,20H,6-9,11-13H2,1-3H3,(H,22,24);2*1H. The van der Waals surface area contributed by atoms with Crippen molar-refractivity contribution in [3.63, 3.8) is 0 Å². The number of hydrogen-bond donors (Lipinski definition) is 2. The first-order valence-electron chi connectivity index (χ1n) is 9.42. The third-order valence-electron chi connectivity index (χ3n) is 5.22. The van der Waals surface area contributed by atoms with Gasteiger partial charge < -0.3 is 25.0 Å². The number of carbonyl (C=O) groups excluding carboxylic acids is 1. The van der Waals surface area contributed by atoms with Gasteiger partial charge in [0.25, 0.3) is 5.91 Å². The van der Waals surface area contributed by atoms with Crippen LogP contribution in [0, 0.1) is 0 Å². The van der Waals surface area contributed by atoms with Crippen LogP contribution in [0.15, 0.2) is 18.3 Å². The highest BCUT2D eigenvalue weighted by Gasteiger charge is 2.39. The minimum Gasteiger partial charge on any atom is -0.372 e. The molecule has 0 spiro atoms. The predicted octanol–water partition coefficient (Wildman–Crippen LogP) is 1.92. The van der Waals surface area contributed by atoms with Crippen LogP contribution in [0.25, 0.3) is 0 Å². The molecule has 2 aliphatic rings. The summed E-state index contributed by atoms with van der Waals surface area (Å²) in [5.41, 5.74) is 0.273. The number of carbonyl (C=O) groups is 1. The van der Waals surface area contributed by atoms with Gasteiger partial charge in [-0.3, -0.25) is 4.79 Å². The lowest BCUT2D eigenvalue weighted by Crippen LogP contribution is -2.53. The summed E-state index contributed by atoms with van der Waals surface area (Å²) in [5, 5.41) is 6.27. The van der Waals surface area contributed by atoms with Gasteiger partial charge in [0.15, 0.2) is 0 Å². The van der Waals surface area contributed by atoms with Crippen LogP contribution >= 0.6 is 24.8 Å². The van der Waals surface area contributed by atoms with E-state index in [0.717, 1.165) is 37.6 Å². The summed E-state index contributed by atoms with van der Waals surface area (Å²) in [4.78, 5) is 19.4. The van der Waals surface area contributed by atoms with Gasteiger partial charge in [0.1, 0.15) is 11.4 Å². The van der Waals surface area contributed by atoms with Gasteiger partial charge in [-0.1, -0.05) is 6.07 Å². The second-order valence-corrected chi connectivity index (χ2v) is 7.32. The number of aromatic nitrogens is 1. The van der Waals surface area contributed by atoms with Gasteiger partial charge in [0.2, 0.25) is 0 Å². The summed E-state index contributed by atoms with van der Waals surface area (Å²) in [6.45, 7) is 7.91. The SMILES string of the molecule is COC1(C(=O)NCc2ccc(N3CC(C)OC(C)C3)nc2)CCNCC1.Cl.Cl. The van der Waals surface area contributed by atoms with Crippen LogP contribution in [0.4, 0.5) is 5.82 Å². The Bertz CT molecular complexity index is 602. The molecule has 3 heterocycles. The maximum Gasteiger partial charge on any atom is 0.252 e. The van der Waals surface area contributed by atoms with Crippen LogP contribution in [0.1, 0.15) is 32.3 Å². The molecule has 0 bridgehead atoms. The third-order valence-corrected chi connectivity index (χ3v) is 5.22. The number of amides is 1. The van der Waals surface area contributed by atoms with Crippen molar-refractivity contribution in [2.24, 2.45) is 0 Å². The van der Waals surface area contributed by atoms with E-state index in [0.29, 0.717) is 19.4 Å². The Kier molecular flexibility index (Phi) is 9.94. The van der Waals surface area contributed by atoms with Crippen molar-refractivity contribution in [1.82, 2.24) is 15.6 Å². The fraction of sp³-hybridized carbons (Fsp3) is 0.684.